The van der Waals surface area contributed by atoms with Crippen molar-refractivity contribution in [1.29, 1.82) is 0 Å². The standard InChI is InChI=1S/C13H18N4O/c1-8(7-14)4-12-16-13(17-18-12)11-5-9(2)15-10(3)6-11/h5-6,8H,4,7,14H2,1-3H3. The third-order valence-electron chi connectivity index (χ3n) is 2.73. The van der Waals surface area contributed by atoms with Gasteiger partial charge in [-0.05, 0) is 38.4 Å². The Morgan fingerprint density at radius 1 is 1.22 bits per heavy atom. The second kappa shape index (κ2) is 5.27. The molecule has 0 fully saturated rings. The predicted molar refractivity (Wildman–Crippen MR) is 68.9 cm³/mol. The van der Waals surface area contributed by atoms with E-state index in [1.807, 2.05) is 26.0 Å². The molecule has 5 heteroatoms. The molecule has 5 nitrogen and oxygen atoms in total. The van der Waals surface area contributed by atoms with Gasteiger partial charge in [-0.3, -0.25) is 4.98 Å². The Hall–Kier alpha value is -1.75. The van der Waals surface area contributed by atoms with Crippen LogP contribution in [0.2, 0.25) is 0 Å². The molecule has 1 atom stereocenters. The van der Waals surface area contributed by atoms with Crippen molar-refractivity contribution < 1.29 is 4.52 Å². The molecule has 0 aliphatic carbocycles. The highest BCUT2D eigenvalue weighted by Gasteiger charge is 2.12. The van der Waals surface area contributed by atoms with Gasteiger partial charge >= 0.3 is 0 Å². The zero-order valence-corrected chi connectivity index (χ0v) is 11.0. The van der Waals surface area contributed by atoms with Crippen molar-refractivity contribution in [1.82, 2.24) is 15.1 Å². The number of nitrogens with two attached hydrogens (primary N) is 1. The number of hydrogen-bond acceptors (Lipinski definition) is 5. The second-order valence-electron chi connectivity index (χ2n) is 4.70. The SMILES string of the molecule is Cc1cc(-c2noc(CC(C)CN)n2)cc(C)n1. The zero-order valence-electron chi connectivity index (χ0n) is 11.0. The van der Waals surface area contributed by atoms with E-state index in [0.717, 1.165) is 17.0 Å². The van der Waals surface area contributed by atoms with Crippen LogP contribution in [0.15, 0.2) is 16.7 Å². The van der Waals surface area contributed by atoms with Crippen LogP contribution in [0.4, 0.5) is 0 Å². The molecule has 0 amide bonds. The fourth-order valence-electron chi connectivity index (χ4n) is 1.80. The molecule has 2 rings (SSSR count). The average Bonchev–Trinajstić information content (AvgIpc) is 2.76. The molecule has 0 radical (unpaired) electrons. The highest BCUT2D eigenvalue weighted by Crippen LogP contribution is 2.18. The first-order valence-corrected chi connectivity index (χ1v) is 6.07. The van der Waals surface area contributed by atoms with Gasteiger partial charge in [-0.2, -0.15) is 4.98 Å². The number of nitrogens with zero attached hydrogens (tertiary/aromatic N) is 3. The van der Waals surface area contributed by atoms with E-state index in [1.165, 1.54) is 0 Å². The van der Waals surface area contributed by atoms with Gasteiger partial charge < -0.3 is 10.3 Å². The van der Waals surface area contributed by atoms with E-state index in [1.54, 1.807) is 0 Å². The first kappa shape index (κ1) is 12.7. The van der Waals surface area contributed by atoms with E-state index in [9.17, 15) is 0 Å². The largest absolute Gasteiger partial charge is 0.339 e. The normalized spacial score (nSPS) is 12.7. The van der Waals surface area contributed by atoms with Gasteiger partial charge in [0.1, 0.15) is 0 Å². The number of hydrogen-bond donors (Lipinski definition) is 1. The topological polar surface area (TPSA) is 77.8 Å². The molecule has 96 valence electrons. The van der Waals surface area contributed by atoms with Crippen LogP contribution < -0.4 is 5.73 Å². The van der Waals surface area contributed by atoms with Gasteiger partial charge in [0.25, 0.3) is 0 Å². The van der Waals surface area contributed by atoms with E-state index in [0.29, 0.717) is 30.6 Å². The monoisotopic (exact) mass is 246 g/mol. The van der Waals surface area contributed by atoms with Crippen LogP contribution in [0.5, 0.6) is 0 Å². The first-order valence-electron chi connectivity index (χ1n) is 6.07. The van der Waals surface area contributed by atoms with Crippen molar-refractivity contribution in [3.8, 4) is 11.4 Å². The molecule has 18 heavy (non-hydrogen) atoms. The predicted octanol–water partition coefficient (Wildman–Crippen LogP) is 1.89. The molecule has 0 bridgehead atoms. The van der Waals surface area contributed by atoms with Crippen LogP contribution in [0.3, 0.4) is 0 Å². The summed E-state index contributed by atoms with van der Waals surface area (Å²) in [5.41, 5.74) is 8.42. The van der Waals surface area contributed by atoms with Gasteiger partial charge in [-0.15, -0.1) is 0 Å². The molecular formula is C13H18N4O. The minimum atomic E-state index is 0.346. The maximum atomic E-state index is 5.58. The van der Waals surface area contributed by atoms with E-state index < -0.39 is 0 Å². The number of aryl methyl sites for hydroxylation is 2. The van der Waals surface area contributed by atoms with Gasteiger partial charge in [0.15, 0.2) is 0 Å². The number of aromatic nitrogens is 3. The summed E-state index contributed by atoms with van der Waals surface area (Å²) in [6.07, 6.45) is 0.715. The van der Waals surface area contributed by atoms with Gasteiger partial charge in [-0.25, -0.2) is 0 Å². The Kier molecular flexibility index (Phi) is 3.72. The molecule has 0 aliphatic rings. The van der Waals surface area contributed by atoms with E-state index in [4.69, 9.17) is 10.3 Å². The Labute approximate surface area is 106 Å². The van der Waals surface area contributed by atoms with Crippen LogP contribution in [0.1, 0.15) is 24.2 Å². The van der Waals surface area contributed by atoms with Crippen molar-refractivity contribution in [3.05, 3.63) is 29.4 Å². The van der Waals surface area contributed by atoms with E-state index in [2.05, 4.69) is 22.0 Å². The minimum Gasteiger partial charge on any atom is -0.339 e. The van der Waals surface area contributed by atoms with Crippen molar-refractivity contribution >= 4 is 0 Å². The third-order valence-corrected chi connectivity index (χ3v) is 2.73. The Morgan fingerprint density at radius 3 is 2.50 bits per heavy atom. The lowest BCUT2D eigenvalue weighted by Gasteiger charge is -2.02. The molecule has 2 aromatic rings. The Morgan fingerprint density at radius 2 is 1.89 bits per heavy atom. The minimum absolute atomic E-state index is 0.346. The zero-order chi connectivity index (χ0) is 13.1. The van der Waals surface area contributed by atoms with Gasteiger partial charge in [-0.1, -0.05) is 12.1 Å². The van der Waals surface area contributed by atoms with Crippen LogP contribution >= 0.6 is 0 Å². The van der Waals surface area contributed by atoms with Crippen LogP contribution in [-0.4, -0.2) is 21.7 Å². The lowest BCUT2D eigenvalue weighted by Crippen LogP contribution is -2.13. The third kappa shape index (κ3) is 2.92. The molecular weight excluding hydrogens is 228 g/mol. The first-order chi connectivity index (χ1) is 8.58. The molecule has 0 spiro atoms. The molecule has 0 saturated carbocycles. The molecule has 0 aliphatic heterocycles. The summed E-state index contributed by atoms with van der Waals surface area (Å²) in [6, 6.07) is 3.90. The van der Waals surface area contributed by atoms with E-state index in [-0.39, 0.29) is 0 Å². The van der Waals surface area contributed by atoms with Crippen LogP contribution in [0.25, 0.3) is 11.4 Å². The van der Waals surface area contributed by atoms with Gasteiger partial charge in [0, 0.05) is 23.4 Å². The van der Waals surface area contributed by atoms with Crippen LogP contribution in [0, 0.1) is 19.8 Å². The summed E-state index contributed by atoms with van der Waals surface area (Å²) < 4.78 is 5.23. The molecule has 2 heterocycles. The summed E-state index contributed by atoms with van der Waals surface area (Å²) in [7, 11) is 0. The fourth-order valence-corrected chi connectivity index (χ4v) is 1.80. The maximum absolute atomic E-state index is 5.58. The Balaban J connectivity index is 2.23. The summed E-state index contributed by atoms with van der Waals surface area (Å²) >= 11 is 0. The summed E-state index contributed by atoms with van der Waals surface area (Å²) in [5, 5.41) is 4.00. The van der Waals surface area contributed by atoms with Crippen molar-refractivity contribution in [2.45, 2.75) is 27.2 Å². The molecule has 0 saturated heterocycles. The Bertz CT molecular complexity index is 515. The van der Waals surface area contributed by atoms with Crippen molar-refractivity contribution in [2.24, 2.45) is 11.7 Å². The second-order valence-corrected chi connectivity index (χ2v) is 4.70. The molecule has 1 unspecified atom stereocenters. The molecule has 0 aromatic carbocycles. The van der Waals surface area contributed by atoms with E-state index >= 15 is 0 Å². The summed E-state index contributed by atoms with van der Waals surface area (Å²) in [4.78, 5) is 8.72. The van der Waals surface area contributed by atoms with Crippen molar-refractivity contribution in [2.75, 3.05) is 6.54 Å². The highest BCUT2D eigenvalue weighted by atomic mass is 16.5. The molecule has 2 aromatic heterocycles. The molecule has 2 N–H and O–H groups in total. The highest BCUT2D eigenvalue weighted by molar-refractivity contribution is 5.55. The van der Waals surface area contributed by atoms with Crippen molar-refractivity contribution in [3.63, 3.8) is 0 Å². The number of pyridine rings is 1. The summed E-state index contributed by atoms with van der Waals surface area (Å²) in [5.74, 6) is 1.59. The van der Waals surface area contributed by atoms with Gasteiger partial charge in [0.05, 0.1) is 0 Å². The lowest BCUT2D eigenvalue weighted by atomic mass is 10.1. The average molecular weight is 246 g/mol. The van der Waals surface area contributed by atoms with Crippen LogP contribution in [-0.2, 0) is 6.42 Å². The smallest absolute Gasteiger partial charge is 0.227 e. The van der Waals surface area contributed by atoms with Gasteiger partial charge in [0.2, 0.25) is 11.7 Å². The maximum Gasteiger partial charge on any atom is 0.227 e. The lowest BCUT2D eigenvalue weighted by molar-refractivity contribution is 0.360. The fraction of sp³-hybridized carbons (Fsp3) is 0.462. The summed E-state index contributed by atoms with van der Waals surface area (Å²) in [6.45, 7) is 6.58. The number of rotatable bonds is 4. The quantitative estimate of drug-likeness (QED) is 0.891.